The minimum atomic E-state index is -0.105. The molecule has 0 radical (unpaired) electrons. The molecule has 4 aromatic carbocycles. The molecule has 0 aromatic heterocycles. The Morgan fingerprint density at radius 1 is 0.816 bits per heavy atom. The molecule has 188 valence electrons. The second kappa shape index (κ2) is 10.5. The van der Waals surface area contributed by atoms with Crippen LogP contribution in [0, 0.1) is 0 Å². The van der Waals surface area contributed by atoms with Gasteiger partial charge in [0.1, 0.15) is 0 Å². The molecule has 1 unspecified atom stereocenters. The van der Waals surface area contributed by atoms with Gasteiger partial charge in [0.25, 0.3) is 0 Å². The van der Waals surface area contributed by atoms with Gasteiger partial charge < -0.3 is 11.1 Å². The summed E-state index contributed by atoms with van der Waals surface area (Å²) < 4.78 is 0. The Balaban J connectivity index is 0.000000200. The number of hydrogen-bond donors (Lipinski definition) is 2. The first-order valence-electron chi connectivity index (χ1n) is 13.4. The zero-order valence-electron chi connectivity index (χ0n) is 21.4. The zero-order valence-corrected chi connectivity index (χ0v) is 21.4. The van der Waals surface area contributed by atoms with Crippen LogP contribution in [0.15, 0.2) is 102 Å². The molecule has 38 heavy (non-hydrogen) atoms. The van der Waals surface area contributed by atoms with Crippen molar-refractivity contribution >= 4 is 29.1 Å². The Labute approximate surface area is 223 Å². The van der Waals surface area contributed by atoms with E-state index in [1.165, 1.54) is 46.2 Å². The fraction of sp³-hybridized carbons (Fsp3) is 0.176. The molecular formula is C34H31N3O. The van der Waals surface area contributed by atoms with Gasteiger partial charge in [0, 0.05) is 23.7 Å². The predicted molar refractivity (Wildman–Crippen MR) is 158 cm³/mol. The van der Waals surface area contributed by atoms with E-state index in [2.05, 4.69) is 46.7 Å². The van der Waals surface area contributed by atoms with Gasteiger partial charge in [-0.1, -0.05) is 48.5 Å². The van der Waals surface area contributed by atoms with Crippen molar-refractivity contribution in [2.45, 2.75) is 38.0 Å². The SMILES string of the molecule is C1=CNc2ccccc2N=C1.Nc1ccc(C(=O)C2Cc3ccccc3-c3ccc4c(c32)CCCC4)cc1. The lowest BCUT2D eigenvalue weighted by Crippen LogP contribution is -2.23. The quantitative estimate of drug-likeness (QED) is 0.221. The fourth-order valence-electron chi connectivity index (χ4n) is 5.86. The molecule has 1 heterocycles. The number of anilines is 2. The molecule has 4 heteroatoms. The number of nitrogens with one attached hydrogen (secondary N) is 1. The number of para-hydroxylation sites is 2. The summed E-state index contributed by atoms with van der Waals surface area (Å²) in [4.78, 5) is 17.7. The number of aryl methyl sites for hydroxylation is 1. The van der Waals surface area contributed by atoms with Crippen molar-refractivity contribution in [3.05, 3.63) is 125 Å². The van der Waals surface area contributed by atoms with Crippen molar-refractivity contribution < 1.29 is 4.79 Å². The van der Waals surface area contributed by atoms with Gasteiger partial charge >= 0.3 is 0 Å². The number of hydrogen-bond acceptors (Lipinski definition) is 4. The third-order valence-electron chi connectivity index (χ3n) is 7.71. The van der Waals surface area contributed by atoms with Gasteiger partial charge in [0.2, 0.25) is 0 Å². The summed E-state index contributed by atoms with van der Waals surface area (Å²) in [6, 6.07) is 28.4. The summed E-state index contributed by atoms with van der Waals surface area (Å²) in [6.45, 7) is 0. The number of Topliss-reactive ketones (excluding diaryl/α,β-unsaturated/α-hetero) is 1. The average Bonchev–Trinajstić information content (AvgIpc) is 3.22. The van der Waals surface area contributed by atoms with E-state index in [-0.39, 0.29) is 11.7 Å². The van der Waals surface area contributed by atoms with Crippen molar-refractivity contribution in [3.63, 3.8) is 0 Å². The van der Waals surface area contributed by atoms with E-state index in [1.54, 1.807) is 6.21 Å². The first-order valence-corrected chi connectivity index (χ1v) is 13.4. The van der Waals surface area contributed by atoms with Gasteiger partial charge in [0.15, 0.2) is 5.78 Å². The first kappa shape index (κ1) is 23.9. The highest BCUT2D eigenvalue weighted by atomic mass is 16.1. The van der Waals surface area contributed by atoms with Gasteiger partial charge in [0.05, 0.1) is 17.3 Å². The van der Waals surface area contributed by atoms with Crippen LogP contribution >= 0.6 is 0 Å². The van der Waals surface area contributed by atoms with E-state index < -0.39 is 0 Å². The normalized spacial score (nSPS) is 16.4. The lowest BCUT2D eigenvalue weighted by Gasteiger charge is -2.32. The predicted octanol–water partition coefficient (Wildman–Crippen LogP) is 7.67. The number of nitrogens with zero attached hydrogens (tertiary/aromatic N) is 1. The maximum Gasteiger partial charge on any atom is 0.170 e. The minimum absolute atomic E-state index is 0.105. The molecule has 7 rings (SSSR count). The summed E-state index contributed by atoms with van der Waals surface area (Å²) in [5.74, 6) is 0.108. The van der Waals surface area contributed by atoms with E-state index >= 15 is 0 Å². The van der Waals surface area contributed by atoms with Crippen molar-refractivity contribution in [2.75, 3.05) is 11.1 Å². The molecule has 1 aliphatic heterocycles. The lowest BCUT2D eigenvalue weighted by molar-refractivity contribution is 0.0958. The number of carbonyl (C=O) groups is 1. The summed E-state index contributed by atoms with van der Waals surface area (Å²) >= 11 is 0. The number of ketones is 1. The van der Waals surface area contributed by atoms with E-state index in [1.807, 2.05) is 60.8 Å². The largest absolute Gasteiger partial charge is 0.399 e. The molecule has 3 aliphatic rings. The van der Waals surface area contributed by atoms with Gasteiger partial charge in [-0.15, -0.1) is 0 Å². The van der Waals surface area contributed by atoms with Gasteiger partial charge in [-0.2, -0.15) is 0 Å². The van der Waals surface area contributed by atoms with Crippen LogP contribution < -0.4 is 11.1 Å². The number of fused-ring (bicyclic) bond motifs is 6. The summed E-state index contributed by atoms with van der Waals surface area (Å²) in [5, 5.41) is 3.12. The molecule has 0 fully saturated rings. The monoisotopic (exact) mass is 497 g/mol. The van der Waals surface area contributed by atoms with E-state index in [0.29, 0.717) is 5.69 Å². The van der Waals surface area contributed by atoms with Crippen molar-refractivity contribution in [2.24, 2.45) is 4.99 Å². The summed E-state index contributed by atoms with van der Waals surface area (Å²) in [7, 11) is 0. The Morgan fingerprint density at radius 2 is 1.61 bits per heavy atom. The van der Waals surface area contributed by atoms with Gasteiger partial charge in [-0.05, 0) is 108 Å². The van der Waals surface area contributed by atoms with Crippen LogP contribution in [-0.4, -0.2) is 12.0 Å². The highest BCUT2D eigenvalue weighted by Gasteiger charge is 2.33. The maximum absolute atomic E-state index is 13.5. The van der Waals surface area contributed by atoms with E-state index in [9.17, 15) is 4.79 Å². The highest BCUT2D eigenvalue weighted by molar-refractivity contribution is 6.03. The fourth-order valence-corrected chi connectivity index (χ4v) is 5.86. The second-order valence-corrected chi connectivity index (χ2v) is 10.1. The third-order valence-corrected chi connectivity index (χ3v) is 7.71. The molecule has 0 saturated carbocycles. The van der Waals surface area contributed by atoms with Crippen LogP contribution in [0.2, 0.25) is 0 Å². The van der Waals surface area contributed by atoms with Crippen LogP contribution in [0.5, 0.6) is 0 Å². The van der Waals surface area contributed by atoms with Gasteiger partial charge in [-0.3, -0.25) is 9.79 Å². The minimum Gasteiger partial charge on any atom is -0.399 e. The Morgan fingerprint density at radius 3 is 2.50 bits per heavy atom. The molecule has 3 N–H and O–H groups in total. The highest BCUT2D eigenvalue weighted by Crippen LogP contribution is 2.45. The molecule has 4 aromatic rings. The van der Waals surface area contributed by atoms with Crippen LogP contribution in [0.4, 0.5) is 17.1 Å². The lowest BCUT2D eigenvalue weighted by atomic mass is 9.71. The van der Waals surface area contributed by atoms with Crippen LogP contribution in [0.3, 0.4) is 0 Å². The van der Waals surface area contributed by atoms with Crippen molar-refractivity contribution in [1.82, 2.24) is 0 Å². The van der Waals surface area contributed by atoms with Crippen LogP contribution in [0.25, 0.3) is 11.1 Å². The summed E-state index contributed by atoms with van der Waals surface area (Å²) in [6.07, 6.45) is 11.0. The number of carbonyl (C=O) groups excluding carboxylic acids is 1. The molecule has 4 nitrogen and oxygen atoms in total. The van der Waals surface area contributed by atoms with Crippen molar-refractivity contribution in [1.29, 1.82) is 0 Å². The topological polar surface area (TPSA) is 67.5 Å². The Kier molecular flexibility index (Phi) is 6.62. The van der Waals surface area contributed by atoms with E-state index in [0.717, 1.165) is 36.2 Å². The molecular weight excluding hydrogens is 466 g/mol. The molecule has 1 atom stereocenters. The van der Waals surface area contributed by atoms with Gasteiger partial charge in [-0.25, -0.2) is 0 Å². The number of rotatable bonds is 2. The number of aliphatic imine (C=N–C) groups is 1. The number of nitrogen functional groups attached to an aromatic ring is 1. The summed E-state index contributed by atoms with van der Waals surface area (Å²) in [5.41, 5.74) is 17.3. The molecule has 2 aliphatic carbocycles. The number of benzene rings is 4. The average molecular weight is 498 g/mol. The maximum atomic E-state index is 13.5. The molecule has 0 bridgehead atoms. The smallest absolute Gasteiger partial charge is 0.170 e. The molecule has 0 spiro atoms. The van der Waals surface area contributed by atoms with Crippen LogP contribution in [-0.2, 0) is 19.3 Å². The van der Waals surface area contributed by atoms with Crippen LogP contribution in [0.1, 0.15) is 51.4 Å². The third kappa shape index (κ3) is 4.66. The van der Waals surface area contributed by atoms with E-state index in [4.69, 9.17) is 5.73 Å². The standard InChI is InChI=1S/C25H23NO.C9H8N2/c26-19-12-9-17(10-13-19)25(27)23-15-18-6-2-3-7-20(18)22-14-11-16-5-1-4-8-21(16)24(22)23;1-2-5-9-8(4-1)10-6-3-7-11-9/h2-3,6-7,9-14,23H,1,4-5,8,15,26H2;1-7,10H. The first-order chi connectivity index (χ1) is 18.7. The molecule has 0 saturated heterocycles. The second-order valence-electron chi connectivity index (χ2n) is 10.1. The number of allylic oxidation sites excluding steroid dienone is 1. The Bertz CT molecular complexity index is 1550. The number of nitrogens with two attached hydrogens (primary N) is 1. The zero-order chi connectivity index (χ0) is 25.9. The molecule has 0 amide bonds. The van der Waals surface area contributed by atoms with Crippen molar-refractivity contribution in [3.8, 4) is 11.1 Å². The Hall–Kier alpha value is -4.44.